The minimum Gasteiger partial charge on any atom is -0.480 e. The molecule has 0 aliphatic carbocycles. The van der Waals surface area contributed by atoms with E-state index in [1.807, 2.05) is 9.80 Å². The van der Waals surface area contributed by atoms with Gasteiger partial charge in [0, 0.05) is 39.0 Å². The third-order valence-electron chi connectivity index (χ3n) is 3.23. The van der Waals surface area contributed by atoms with Gasteiger partial charge in [0.05, 0.1) is 12.4 Å². The quantitative estimate of drug-likeness (QED) is 0.665. The number of hydrogen-bond acceptors (Lipinski definition) is 5. The van der Waals surface area contributed by atoms with Crippen LogP contribution >= 0.6 is 11.8 Å². The maximum Gasteiger partial charge on any atom is 0.320 e. The lowest BCUT2D eigenvalue weighted by molar-refractivity contribution is -0.143. The molecule has 7 heteroatoms. The van der Waals surface area contributed by atoms with Gasteiger partial charge in [0.25, 0.3) is 0 Å². The molecule has 19 heavy (non-hydrogen) atoms. The van der Waals surface area contributed by atoms with E-state index in [0.717, 1.165) is 5.75 Å². The average molecular weight is 290 g/mol. The van der Waals surface area contributed by atoms with Crippen molar-refractivity contribution in [1.82, 2.24) is 9.80 Å². The Balaban J connectivity index is 2.25. The van der Waals surface area contributed by atoms with Gasteiger partial charge in [0.15, 0.2) is 0 Å². The third-order valence-corrected chi connectivity index (χ3v) is 4.14. The van der Waals surface area contributed by atoms with Crippen LogP contribution in [0.4, 0.5) is 0 Å². The number of amides is 1. The van der Waals surface area contributed by atoms with Gasteiger partial charge in [0.1, 0.15) is 6.04 Å². The van der Waals surface area contributed by atoms with Crippen molar-refractivity contribution in [2.75, 3.05) is 51.4 Å². The zero-order valence-corrected chi connectivity index (χ0v) is 12.3. The van der Waals surface area contributed by atoms with Crippen molar-refractivity contribution in [3.05, 3.63) is 0 Å². The summed E-state index contributed by atoms with van der Waals surface area (Å²) in [6.07, 6.45) is 0. The van der Waals surface area contributed by atoms with E-state index in [-0.39, 0.29) is 5.91 Å². The first-order chi connectivity index (χ1) is 9.06. The summed E-state index contributed by atoms with van der Waals surface area (Å²) in [6.45, 7) is 4.81. The van der Waals surface area contributed by atoms with Gasteiger partial charge in [0.2, 0.25) is 5.91 Å². The normalized spacial score (nSPS) is 18.3. The number of carboxylic acid groups (broad SMARTS) is 1. The third kappa shape index (κ3) is 5.38. The molecular weight excluding hydrogens is 268 g/mol. The van der Waals surface area contributed by atoms with E-state index in [9.17, 15) is 9.59 Å². The molecule has 1 rings (SSSR count). The second kappa shape index (κ2) is 8.39. The summed E-state index contributed by atoms with van der Waals surface area (Å²) in [6, 6.07) is -0.478. The topological polar surface area (TPSA) is 70.1 Å². The lowest BCUT2D eigenvalue weighted by atomic mass is 10.2. The molecule has 1 N–H and O–H groups in total. The Morgan fingerprint density at radius 3 is 2.47 bits per heavy atom. The predicted octanol–water partition coefficient (Wildman–Crippen LogP) is -0.0167. The number of methoxy groups -OCH3 is 1. The molecule has 110 valence electrons. The fourth-order valence-corrected chi connectivity index (χ4v) is 2.69. The highest BCUT2D eigenvalue weighted by molar-refractivity contribution is 7.99. The Labute approximate surface area is 118 Å². The molecule has 1 heterocycles. The molecule has 0 radical (unpaired) electrons. The molecular formula is C12H22N2O4S. The maximum absolute atomic E-state index is 11.9. The highest BCUT2D eigenvalue weighted by atomic mass is 32.2. The zero-order valence-electron chi connectivity index (χ0n) is 11.5. The van der Waals surface area contributed by atoms with Gasteiger partial charge < -0.3 is 14.7 Å². The molecule has 1 aliphatic rings. The molecule has 0 aromatic carbocycles. The van der Waals surface area contributed by atoms with E-state index in [1.165, 1.54) is 0 Å². The summed E-state index contributed by atoms with van der Waals surface area (Å²) >= 11 is 1.57. The summed E-state index contributed by atoms with van der Waals surface area (Å²) in [7, 11) is 1.64. The largest absolute Gasteiger partial charge is 0.480 e. The number of rotatable bonds is 7. The smallest absolute Gasteiger partial charge is 0.320 e. The lowest BCUT2D eigenvalue weighted by Gasteiger charge is -2.36. The number of carboxylic acids is 1. The number of nitrogens with zero attached hydrogens (tertiary/aromatic N) is 2. The van der Waals surface area contributed by atoms with Crippen LogP contribution in [0.1, 0.15) is 6.92 Å². The first kappa shape index (κ1) is 16.3. The number of carbonyl (C=O) groups is 2. The van der Waals surface area contributed by atoms with Crippen molar-refractivity contribution < 1.29 is 19.4 Å². The standard InChI is InChI=1S/C12H22N2O4S/c1-10(12(16)17)13-3-5-14(6-4-13)11(15)9-19-8-7-18-2/h10H,3-9H2,1-2H3,(H,16,17). The SMILES string of the molecule is COCCSCC(=O)N1CCN(C(C)C(=O)O)CC1. The Hall–Kier alpha value is -0.790. The van der Waals surface area contributed by atoms with Gasteiger partial charge >= 0.3 is 5.97 Å². The van der Waals surface area contributed by atoms with Crippen molar-refractivity contribution in [1.29, 1.82) is 0 Å². The van der Waals surface area contributed by atoms with Crippen molar-refractivity contribution in [2.24, 2.45) is 0 Å². The Morgan fingerprint density at radius 2 is 1.95 bits per heavy atom. The van der Waals surface area contributed by atoms with Crippen LogP contribution in [-0.4, -0.2) is 84.2 Å². The number of piperazine rings is 1. The fourth-order valence-electron chi connectivity index (χ4n) is 1.91. The molecule has 1 saturated heterocycles. The second-order valence-corrected chi connectivity index (χ2v) is 5.58. The van der Waals surface area contributed by atoms with Crippen LogP contribution in [0.15, 0.2) is 0 Å². The van der Waals surface area contributed by atoms with E-state index < -0.39 is 12.0 Å². The monoisotopic (exact) mass is 290 g/mol. The van der Waals surface area contributed by atoms with Crippen LogP contribution in [0.5, 0.6) is 0 Å². The summed E-state index contributed by atoms with van der Waals surface area (Å²) in [5.41, 5.74) is 0. The van der Waals surface area contributed by atoms with Gasteiger partial charge in [-0.2, -0.15) is 0 Å². The van der Waals surface area contributed by atoms with E-state index in [2.05, 4.69) is 0 Å². The summed E-state index contributed by atoms with van der Waals surface area (Å²) in [5.74, 6) is 0.606. The van der Waals surface area contributed by atoms with Gasteiger partial charge in [-0.3, -0.25) is 14.5 Å². The molecule has 0 bridgehead atoms. The molecule has 0 saturated carbocycles. The number of thioether (sulfide) groups is 1. The predicted molar refractivity (Wildman–Crippen MR) is 74.5 cm³/mol. The Bertz CT molecular complexity index is 306. The number of ether oxygens (including phenoxy) is 1. The van der Waals surface area contributed by atoms with Gasteiger partial charge in [-0.1, -0.05) is 0 Å². The zero-order chi connectivity index (χ0) is 14.3. The van der Waals surface area contributed by atoms with E-state index in [1.54, 1.807) is 25.8 Å². The molecule has 1 amide bonds. The molecule has 1 aliphatic heterocycles. The van der Waals surface area contributed by atoms with Crippen LogP contribution in [0.25, 0.3) is 0 Å². The van der Waals surface area contributed by atoms with E-state index in [0.29, 0.717) is 38.5 Å². The molecule has 1 atom stereocenters. The molecule has 0 aromatic rings. The second-order valence-electron chi connectivity index (χ2n) is 4.48. The fraction of sp³-hybridized carbons (Fsp3) is 0.833. The van der Waals surface area contributed by atoms with Crippen molar-refractivity contribution in [3.63, 3.8) is 0 Å². The Kier molecular flexibility index (Phi) is 7.19. The van der Waals surface area contributed by atoms with Crippen LogP contribution < -0.4 is 0 Å². The summed E-state index contributed by atoms with van der Waals surface area (Å²) < 4.78 is 4.92. The Morgan fingerprint density at radius 1 is 1.32 bits per heavy atom. The van der Waals surface area contributed by atoms with E-state index in [4.69, 9.17) is 9.84 Å². The highest BCUT2D eigenvalue weighted by Gasteiger charge is 2.26. The first-order valence-corrected chi connectivity index (χ1v) is 7.53. The van der Waals surface area contributed by atoms with Crippen molar-refractivity contribution in [3.8, 4) is 0 Å². The van der Waals surface area contributed by atoms with Crippen LogP contribution in [0.3, 0.4) is 0 Å². The first-order valence-electron chi connectivity index (χ1n) is 6.37. The molecule has 0 aromatic heterocycles. The minimum atomic E-state index is -0.810. The lowest BCUT2D eigenvalue weighted by Crippen LogP contribution is -2.53. The highest BCUT2D eigenvalue weighted by Crippen LogP contribution is 2.09. The van der Waals surface area contributed by atoms with Crippen molar-refractivity contribution >= 4 is 23.6 Å². The number of carbonyl (C=O) groups excluding carboxylic acids is 1. The van der Waals surface area contributed by atoms with Gasteiger partial charge in [-0.05, 0) is 6.92 Å². The molecule has 1 unspecified atom stereocenters. The summed E-state index contributed by atoms with van der Waals surface area (Å²) in [5, 5.41) is 8.94. The van der Waals surface area contributed by atoms with Gasteiger partial charge in [-0.25, -0.2) is 0 Å². The molecule has 1 fully saturated rings. The van der Waals surface area contributed by atoms with Crippen LogP contribution in [0, 0.1) is 0 Å². The summed E-state index contributed by atoms with van der Waals surface area (Å²) in [4.78, 5) is 26.5. The number of hydrogen-bond donors (Lipinski definition) is 1. The average Bonchev–Trinajstić information content (AvgIpc) is 2.42. The maximum atomic E-state index is 11.9. The van der Waals surface area contributed by atoms with E-state index >= 15 is 0 Å². The minimum absolute atomic E-state index is 0.128. The van der Waals surface area contributed by atoms with Crippen LogP contribution in [-0.2, 0) is 14.3 Å². The number of aliphatic carboxylic acids is 1. The molecule has 6 nitrogen and oxygen atoms in total. The molecule has 0 spiro atoms. The van der Waals surface area contributed by atoms with Gasteiger partial charge in [-0.15, -0.1) is 11.8 Å². The van der Waals surface area contributed by atoms with Crippen LogP contribution in [0.2, 0.25) is 0 Å². The van der Waals surface area contributed by atoms with Crippen molar-refractivity contribution in [2.45, 2.75) is 13.0 Å².